The summed E-state index contributed by atoms with van der Waals surface area (Å²) in [5.74, 6) is 0. The molecule has 0 heterocycles. The van der Waals surface area contributed by atoms with Gasteiger partial charge < -0.3 is 5.32 Å². The molecule has 0 amide bonds. The predicted octanol–water partition coefficient (Wildman–Crippen LogP) is 3.62. The van der Waals surface area contributed by atoms with Crippen LogP contribution in [0.15, 0.2) is 30.3 Å². The Hall–Kier alpha value is -0.470. The second-order valence-corrected chi connectivity index (χ2v) is 6.03. The summed E-state index contributed by atoms with van der Waals surface area (Å²) in [6.45, 7) is 3.40. The van der Waals surface area contributed by atoms with Crippen LogP contribution in [0.25, 0.3) is 0 Å². The van der Waals surface area contributed by atoms with Gasteiger partial charge in [0, 0.05) is 17.3 Å². The van der Waals surface area contributed by atoms with Crippen LogP contribution in [-0.2, 0) is 0 Å². The van der Waals surface area contributed by atoms with Gasteiger partial charge in [-0.1, -0.05) is 36.8 Å². The van der Waals surface area contributed by atoms with Crippen molar-refractivity contribution in [3.05, 3.63) is 35.9 Å². The molecule has 2 rings (SSSR count). The van der Waals surface area contributed by atoms with Crippen molar-refractivity contribution in [3.63, 3.8) is 0 Å². The second-order valence-electron chi connectivity index (χ2n) is 4.75. The number of rotatable bonds is 5. The highest BCUT2D eigenvalue weighted by Gasteiger charge is 2.35. The van der Waals surface area contributed by atoms with E-state index in [0.717, 1.165) is 6.54 Å². The molecule has 1 saturated carbocycles. The van der Waals surface area contributed by atoms with Crippen molar-refractivity contribution >= 4 is 11.8 Å². The van der Waals surface area contributed by atoms with Crippen LogP contribution < -0.4 is 5.32 Å². The molecule has 1 fully saturated rings. The van der Waals surface area contributed by atoms with Crippen LogP contribution in [-0.4, -0.2) is 17.5 Å². The molecule has 1 aliphatic carbocycles. The van der Waals surface area contributed by atoms with Gasteiger partial charge in [-0.25, -0.2) is 0 Å². The smallest absolute Gasteiger partial charge is 0.0292 e. The lowest BCUT2D eigenvalue weighted by atomic mass is 9.84. The Morgan fingerprint density at radius 1 is 1.31 bits per heavy atom. The number of nitrogens with one attached hydrogen (secondary N) is 1. The average molecular weight is 235 g/mol. The molecule has 0 radical (unpaired) electrons. The average Bonchev–Trinajstić information content (AvgIpc) is 2.29. The molecule has 88 valence electrons. The van der Waals surface area contributed by atoms with Gasteiger partial charge in [-0.15, -0.1) is 0 Å². The summed E-state index contributed by atoms with van der Waals surface area (Å²) in [5.41, 5.74) is 1.39. The molecule has 2 heteroatoms. The summed E-state index contributed by atoms with van der Waals surface area (Å²) in [4.78, 5) is 0. The summed E-state index contributed by atoms with van der Waals surface area (Å²) >= 11 is 2.03. The van der Waals surface area contributed by atoms with Crippen molar-refractivity contribution in [2.45, 2.75) is 37.0 Å². The van der Waals surface area contributed by atoms with Gasteiger partial charge in [0.2, 0.25) is 0 Å². The normalized spacial score (nSPS) is 20.1. The highest BCUT2D eigenvalue weighted by Crippen LogP contribution is 2.42. The molecule has 0 aliphatic heterocycles. The molecule has 1 aliphatic rings. The zero-order valence-corrected chi connectivity index (χ0v) is 11.0. The Morgan fingerprint density at radius 3 is 2.50 bits per heavy atom. The fourth-order valence-electron chi connectivity index (χ4n) is 2.22. The van der Waals surface area contributed by atoms with E-state index in [1.165, 1.54) is 24.8 Å². The Bertz CT molecular complexity index is 313. The maximum Gasteiger partial charge on any atom is 0.0292 e. The first-order valence-electron chi connectivity index (χ1n) is 6.09. The van der Waals surface area contributed by atoms with Crippen LogP contribution in [0.5, 0.6) is 0 Å². The molecule has 0 spiro atoms. The Kier molecular flexibility index (Phi) is 3.93. The first kappa shape index (κ1) is 12.0. The fraction of sp³-hybridized carbons (Fsp3) is 0.571. The molecule has 0 aromatic heterocycles. The molecule has 0 saturated heterocycles. The third-order valence-electron chi connectivity index (χ3n) is 3.73. The maximum absolute atomic E-state index is 3.67. The molecule has 1 nitrogen and oxygen atoms in total. The SMILES string of the molecule is CSC1(CNC(C)c2ccccc2)CCC1. The van der Waals surface area contributed by atoms with Crippen molar-refractivity contribution in [1.82, 2.24) is 5.32 Å². The molecule has 0 bridgehead atoms. The van der Waals surface area contributed by atoms with Crippen molar-refractivity contribution in [2.75, 3.05) is 12.8 Å². The lowest BCUT2D eigenvalue weighted by Gasteiger charge is -2.41. The number of benzene rings is 1. The van der Waals surface area contributed by atoms with Crippen molar-refractivity contribution in [1.29, 1.82) is 0 Å². The molecule has 1 unspecified atom stereocenters. The Morgan fingerprint density at radius 2 is 2.00 bits per heavy atom. The van der Waals surface area contributed by atoms with E-state index in [4.69, 9.17) is 0 Å². The predicted molar refractivity (Wildman–Crippen MR) is 73.0 cm³/mol. The topological polar surface area (TPSA) is 12.0 Å². The lowest BCUT2D eigenvalue weighted by molar-refractivity contribution is 0.334. The Labute approximate surface area is 103 Å². The maximum atomic E-state index is 3.67. The van der Waals surface area contributed by atoms with Gasteiger partial charge in [0.05, 0.1) is 0 Å². The summed E-state index contributed by atoms with van der Waals surface area (Å²) in [7, 11) is 0. The second kappa shape index (κ2) is 5.24. The Balaban J connectivity index is 1.86. The van der Waals surface area contributed by atoms with Gasteiger partial charge in [-0.05, 0) is 31.6 Å². The van der Waals surface area contributed by atoms with E-state index >= 15 is 0 Å². The number of hydrogen-bond donors (Lipinski definition) is 1. The van der Waals surface area contributed by atoms with Gasteiger partial charge in [-0.3, -0.25) is 0 Å². The van der Waals surface area contributed by atoms with Crippen LogP contribution in [0, 0.1) is 0 Å². The molecule has 1 N–H and O–H groups in total. The van der Waals surface area contributed by atoms with Crippen molar-refractivity contribution in [3.8, 4) is 0 Å². The van der Waals surface area contributed by atoms with E-state index in [1.807, 2.05) is 11.8 Å². The monoisotopic (exact) mass is 235 g/mol. The molecular formula is C14H21NS. The van der Waals surface area contributed by atoms with E-state index in [9.17, 15) is 0 Å². The summed E-state index contributed by atoms with van der Waals surface area (Å²) in [6.07, 6.45) is 6.40. The van der Waals surface area contributed by atoms with Crippen LogP contribution in [0.3, 0.4) is 0 Å². The standard InChI is InChI=1S/C14H21NS/c1-12(13-7-4-3-5-8-13)15-11-14(16-2)9-6-10-14/h3-5,7-8,12,15H,6,9-11H2,1-2H3. The zero-order chi connectivity index (χ0) is 11.4. The van der Waals surface area contributed by atoms with Gasteiger partial charge in [-0.2, -0.15) is 11.8 Å². The highest BCUT2D eigenvalue weighted by molar-refractivity contribution is 8.00. The third-order valence-corrected chi connectivity index (χ3v) is 5.15. The molecule has 16 heavy (non-hydrogen) atoms. The number of hydrogen-bond acceptors (Lipinski definition) is 2. The minimum absolute atomic E-state index is 0.464. The number of thioether (sulfide) groups is 1. The van der Waals surface area contributed by atoms with Gasteiger partial charge >= 0.3 is 0 Å². The molecular weight excluding hydrogens is 214 g/mol. The third kappa shape index (κ3) is 2.61. The van der Waals surface area contributed by atoms with E-state index in [0.29, 0.717) is 10.8 Å². The van der Waals surface area contributed by atoms with Crippen molar-refractivity contribution < 1.29 is 0 Å². The fourth-order valence-corrected chi connectivity index (χ4v) is 3.15. The van der Waals surface area contributed by atoms with Gasteiger partial charge in [0.25, 0.3) is 0 Å². The molecule has 1 aromatic rings. The van der Waals surface area contributed by atoms with E-state index < -0.39 is 0 Å². The first-order chi connectivity index (χ1) is 7.76. The van der Waals surface area contributed by atoms with E-state index in [1.54, 1.807) is 0 Å². The molecule has 1 aromatic carbocycles. The largest absolute Gasteiger partial charge is 0.309 e. The van der Waals surface area contributed by atoms with E-state index in [2.05, 4.69) is 48.8 Å². The minimum atomic E-state index is 0.464. The van der Waals surface area contributed by atoms with E-state index in [-0.39, 0.29) is 0 Å². The summed E-state index contributed by atoms with van der Waals surface area (Å²) < 4.78 is 0.531. The summed E-state index contributed by atoms with van der Waals surface area (Å²) in [6, 6.07) is 11.2. The first-order valence-corrected chi connectivity index (χ1v) is 7.32. The van der Waals surface area contributed by atoms with Crippen LogP contribution in [0.4, 0.5) is 0 Å². The van der Waals surface area contributed by atoms with Crippen molar-refractivity contribution in [2.24, 2.45) is 0 Å². The zero-order valence-electron chi connectivity index (χ0n) is 10.2. The summed E-state index contributed by atoms with van der Waals surface area (Å²) in [5, 5.41) is 3.67. The van der Waals surface area contributed by atoms with Crippen LogP contribution in [0.1, 0.15) is 37.8 Å². The quantitative estimate of drug-likeness (QED) is 0.836. The van der Waals surface area contributed by atoms with Gasteiger partial charge in [0.15, 0.2) is 0 Å². The van der Waals surface area contributed by atoms with Crippen LogP contribution in [0.2, 0.25) is 0 Å². The lowest BCUT2D eigenvalue weighted by Crippen LogP contribution is -2.43. The highest BCUT2D eigenvalue weighted by atomic mass is 32.2. The molecule has 1 atom stereocenters. The van der Waals surface area contributed by atoms with Crippen LogP contribution >= 0.6 is 11.8 Å². The van der Waals surface area contributed by atoms with Gasteiger partial charge in [0.1, 0.15) is 0 Å². The minimum Gasteiger partial charge on any atom is -0.309 e.